The van der Waals surface area contributed by atoms with E-state index in [1.54, 1.807) is 18.2 Å². The third-order valence-electron chi connectivity index (χ3n) is 3.22. The number of ether oxygens (including phenoxy) is 1. The molecule has 0 aliphatic heterocycles. The Morgan fingerprint density at radius 2 is 1.87 bits per heavy atom. The van der Waals surface area contributed by atoms with Crippen LogP contribution >= 0.6 is 0 Å². The van der Waals surface area contributed by atoms with E-state index >= 15 is 0 Å². The summed E-state index contributed by atoms with van der Waals surface area (Å²) < 4.78 is 5.75. The fourth-order valence-corrected chi connectivity index (χ4v) is 2.14. The monoisotopic (exact) mass is 301 g/mol. The van der Waals surface area contributed by atoms with Crippen molar-refractivity contribution in [1.29, 1.82) is 10.5 Å². The Morgan fingerprint density at radius 1 is 1.00 bits per heavy atom. The van der Waals surface area contributed by atoms with Crippen LogP contribution in [0.4, 0.5) is 0 Å². The molecule has 0 saturated carbocycles. The number of rotatable bonds is 4. The number of H-pyrrole nitrogens is 1. The van der Waals surface area contributed by atoms with Crippen LogP contribution in [0.5, 0.6) is 5.75 Å². The number of benzene rings is 2. The average Bonchev–Trinajstić information content (AvgIpc) is 3.09. The molecule has 1 heterocycles. The van der Waals surface area contributed by atoms with Gasteiger partial charge in [-0.05, 0) is 29.8 Å². The highest BCUT2D eigenvalue weighted by molar-refractivity contribution is 5.65. The van der Waals surface area contributed by atoms with E-state index in [9.17, 15) is 0 Å². The summed E-state index contributed by atoms with van der Waals surface area (Å²) in [7, 11) is 0. The first-order valence-corrected chi connectivity index (χ1v) is 6.83. The van der Waals surface area contributed by atoms with Gasteiger partial charge in [-0.25, -0.2) is 0 Å². The summed E-state index contributed by atoms with van der Waals surface area (Å²) in [4.78, 5) is 0. The van der Waals surface area contributed by atoms with E-state index < -0.39 is 0 Å². The molecule has 0 atom stereocenters. The van der Waals surface area contributed by atoms with Crippen molar-refractivity contribution in [3.63, 3.8) is 0 Å². The number of hydrogen-bond donors (Lipinski definition) is 1. The number of hydrogen-bond acceptors (Lipinski definition) is 5. The van der Waals surface area contributed by atoms with Gasteiger partial charge in [0, 0.05) is 5.56 Å². The number of nitrogens with one attached hydrogen (secondary N) is 1. The number of aromatic nitrogens is 3. The molecule has 0 amide bonds. The van der Waals surface area contributed by atoms with Gasteiger partial charge in [0.1, 0.15) is 24.1 Å². The molecular weight excluding hydrogens is 290 g/mol. The maximum atomic E-state index is 9.01. The third-order valence-corrected chi connectivity index (χ3v) is 3.22. The van der Waals surface area contributed by atoms with E-state index in [1.165, 1.54) is 0 Å². The topological polar surface area (TPSA) is 98.4 Å². The van der Waals surface area contributed by atoms with Crippen LogP contribution in [-0.4, -0.2) is 15.4 Å². The Bertz CT molecular complexity index is 917. The van der Waals surface area contributed by atoms with Crippen molar-refractivity contribution in [3.8, 4) is 29.1 Å². The first-order valence-electron chi connectivity index (χ1n) is 6.83. The van der Waals surface area contributed by atoms with Crippen LogP contribution in [0.1, 0.15) is 16.8 Å². The molecule has 6 heteroatoms. The summed E-state index contributed by atoms with van der Waals surface area (Å²) in [6.45, 7) is 0.350. The Morgan fingerprint density at radius 3 is 2.70 bits per heavy atom. The van der Waals surface area contributed by atoms with Crippen LogP contribution in [0.15, 0.2) is 48.5 Å². The minimum Gasteiger partial charge on any atom is -0.489 e. The molecule has 1 N–H and O–H groups in total. The zero-order valence-corrected chi connectivity index (χ0v) is 12.0. The highest BCUT2D eigenvalue weighted by atomic mass is 16.5. The largest absolute Gasteiger partial charge is 0.489 e. The molecule has 1 aromatic heterocycles. The molecule has 0 saturated heterocycles. The highest BCUT2D eigenvalue weighted by Gasteiger charge is 2.10. The van der Waals surface area contributed by atoms with E-state index in [0.29, 0.717) is 23.6 Å². The maximum absolute atomic E-state index is 9.01. The van der Waals surface area contributed by atoms with Crippen molar-refractivity contribution in [1.82, 2.24) is 15.4 Å². The summed E-state index contributed by atoms with van der Waals surface area (Å²) >= 11 is 0. The second-order valence-corrected chi connectivity index (χ2v) is 4.76. The van der Waals surface area contributed by atoms with Crippen molar-refractivity contribution in [3.05, 3.63) is 65.4 Å². The predicted octanol–water partition coefficient (Wildman–Crippen LogP) is 2.79. The molecule has 3 aromatic rings. The minimum absolute atomic E-state index is 0.240. The Hall–Kier alpha value is -3.64. The minimum atomic E-state index is 0.240. The van der Waals surface area contributed by atoms with Crippen molar-refractivity contribution < 1.29 is 4.74 Å². The second-order valence-electron chi connectivity index (χ2n) is 4.76. The van der Waals surface area contributed by atoms with E-state index in [4.69, 9.17) is 15.3 Å². The summed E-state index contributed by atoms with van der Waals surface area (Å²) in [5.74, 6) is 0.650. The average molecular weight is 301 g/mol. The van der Waals surface area contributed by atoms with Crippen molar-refractivity contribution in [2.75, 3.05) is 0 Å². The molecule has 110 valence electrons. The van der Waals surface area contributed by atoms with Crippen molar-refractivity contribution in [2.45, 2.75) is 6.61 Å². The normalized spacial score (nSPS) is 9.83. The Labute approximate surface area is 132 Å². The molecule has 0 fully saturated rings. The van der Waals surface area contributed by atoms with Crippen LogP contribution in [0.2, 0.25) is 0 Å². The molecule has 3 rings (SSSR count). The molecule has 23 heavy (non-hydrogen) atoms. The lowest BCUT2D eigenvalue weighted by molar-refractivity contribution is 0.306. The maximum Gasteiger partial charge on any atom is 0.190 e. The zero-order chi connectivity index (χ0) is 16.1. The van der Waals surface area contributed by atoms with Crippen molar-refractivity contribution in [2.24, 2.45) is 0 Å². The fourth-order valence-electron chi connectivity index (χ4n) is 2.14. The molecule has 0 unspecified atom stereocenters. The molecule has 0 aliphatic carbocycles. The van der Waals surface area contributed by atoms with Gasteiger partial charge in [-0.15, -0.1) is 5.10 Å². The molecule has 0 spiro atoms. The quantitative estimate of drug-likeness (QED) is 0.799. The molecule has 6 nitrogen and oxygen atoms in total. The molecule has 0 aliphatic rings. The Balaban J connectivity index is 1.78. The van der Waals surface area contributed by atoms with Crippen LogP contribution in [-0.2, 0) is 6.61 Å². The lowest BCUT2D eigenvalue weighted by atomic mass is 10.1. The SMILES string of the molecule is N#Cc1cccc(COc2cccc(-c3n[nH]nc3C#N)c2)c1. The van der Waals surface area contributed by atoms with Crippen LogP contribution in [0, 0.1) is 22.7 Å². The van der Waals surface area contributed by atoms with Crippen LogP contribution in [0.25, 0.3) is 11.3 Å². The lowest BCUT2D eigenvalue weighted by Gasteiger charge is -2.07. The summed E-state index contributed by atoms with van der Waals surface area (Å²) in [6.07, 6.45) is 0. The molecule has 0 bridgehead atoms. The number of aromatic amines is 1. The standard InChI is InChI=1S/C17H11N5O/c18-9-12-3-1-4-13(7-12)11-23-15-6-2-5-14(8-15)17-16(10-19)20-22-21-17/h1-8H,11H2,(H,20,21,22). The van der Waals surface area contributed by atoms with E-state index in [-0.39, 0.29) is 5.69 Å². The van der Waals surface area contributed by atoms with E-state index in [2.05, 4.69) is 21.5 Å². The van der Waals surface area contributed by atoms with Crippen molar-refractivity contribution >= 4 is 0 Å². The molecule has 2 aromatic carbocycles. The predicted molar refractivity (Wildman–Crippen MR) is 82.0 cm³/mol. The van der Waals surface area contributed by atoms with Gasteiger partial charge in [-0.3, -0.25) is 0 Å². The smallest absolute Gasteiger partial charge is 0.190 e. The van der Waals surface area contributed by atoms with Gasteiger partial charge in [0.25, 0.3) is 0 Å². The van der Waals surface area contributed by atoms with Gasteiger partial charge in [0.15, 0.2) is 5.69 Å². The van der Waals surface area contributed by atoms with Gasteiger partial charge in [0.2, 0.25) is 0 Å². The summed E-state index contributed by atoms with van der Waals surface area (Å²) in [5.41, 5.74) is 2.99. The fraction of sp³-hybridized carbons (Fsp3) is 0.0588. The van der Waals surface area contributed by atoms with Crippen LogP contribution in [0.3, 0.4) is 0 Å². The van der Waals surface area contributed by atoms with Gasteiger partial charge < -0.3 is 4.74 Å². The van der Waals surface area contributed by atoms with E-state index in [1.807, 2.05) is 36.4 Å². The highest BCUT2D eigenvalue weighted by Crippen LogP contribution is 2.24. The van der Waals surface area contributed by atoms with Gasteiger partial charge >= 0.3 is 0 Å². The number of nitriles is 2. The summed E-state index contributed by atoms with van der Waals surface area (Å²) in [6, 6.07) is 18.6. The lowest BCUT2D eigenvalue weighted by Crippen LogP contribution is -1.96. The van der Waals surface area contributed by atoms with Crippen LogP contribution < -0.4 is 4.74 Å². The van der Waals surface area contributed by atoms with Gasteiger partial charge in [-0.2, -0.15) is 20.8 Å². The molecular formula is C17H11N5O. The van der Waals surface area contributed by atoms with Gasteiger partial charge in [-0.1, -0.05) is 24.3 Å². The first-order chi connectivity index (χ1) is 11.3. The second kappa shape index (κ2) is 6.42. The van der Waals surface area contributed by atoms with E-state index in [0.717, 1.165) is 11.1 Å². The zero-order valence-electron chi connectivity index (χ0n) is 12.0. The first kappa shape index (κ1) is 14.3. The third kappa shape index (κ3) is 3.17. The Kier molecular flexibility index (Phi) is 3.99. The number of nitrogens with zero attached hydrogens (tertiary/aromatic N) is 4. The summed E-state index contributed by atoms with van der Waals surface area (Å²) in [5, 5.41) is 28.1. The molecule has 0 radical (unpaired) electrons. The van der Waals surface area contributed by atoms with Gasteiger partial charge in [0.05, 0.1) is 11.6 Å².